The van der Waals surface area contributed by atoms with Gasteiger partial charge in [0.05, 0.1) is 0 Å². The van der Waals surface area contributed by atoms with Crippen molar-refractivity contribution in [3.63, 3.8) is 0 Å². The fourth-order valence-electron chi connectivity index (χ4n) is 2.74. The van der Waals surface area contributed by atoms with E-state index < -0.39 is 0 Å². The maximum absolute atomic E-state index is 11.5. The predicted octanol–water partition coefficient (Wildman–Crippen LogP) is 4.97. The average Bonchev–Trinajstić information content (AvgIpc) is 3.07. The molecule has 0 amide bonds. The molecule has 6 heteroatoms. The Hall–Kier alpha value is -2.01. The molecule has 0 N–H and O–H groups in total. The fraction of sp³-hybridized carbons (Fsp3) is 0.304. The van der Waals surface area contributed by atoms with Crippen LogP contribution < -0.4 is 4.74 Å². The number of carbonyl (C=O) groups is 1. The van der Waals surface area contributed by atoms with Crippen molar-refractivity contribution in [3.8, 4) is 15.9 Å². The SMILES string of the molecule is CCOC(=O)COc1ccc(SCc2[se]c(-c3ccc(C)cc3)nc2C)cc1C. The van der Waals surface area contributed by atoms with Crippen LogP contribution in [0.2, 0.25) is 0 Å². The number of carbonyl (C=O) groups excluding carboxylic acids is 1. The van der Waals surface area contributed by atoms with Crippen LogP contribution in [0.4, 0.5) is 0 Å². The van der Waals surface area contributed by atoms with Crippen molar-refractivity contribution in [1.82, 2.24) is 4.98 Å². The van der Waals surface area contributed by atoms with Crippen LogP contribution in [0.1, 0.15) is 28.2 Å². The van der Waals surface area contributed by atoms with Gasteiger partial charge in [-0.15, -0.1) is 0 Å². The Kier molecular flexibility index (Phi) is 7.59. The average molecular weight is 474 g/mol. The molecule has 0 unspecified atom stereocenters. The Balaban J connectivity index is 1.62. The number of esters is 1. The van der Waals surface area contributed by atoms with E-state index in [9.17, 15) is 4.79 Å². The van der Waals surface area contributed by atoms with Gasteiger partial charge in [-0.3, -0.25) is 0 Å². The van der Waals surface area contributed by atoms with Gasteiger partial charge in [0, 0.05) is 0 Å². The second-order valence-electron chi connectivity index (χ2n) is 6.70. The molecule has 2 aromatic carbocycles. The van der Waals surface area contributed by atoms with Gasteiger partial charge < -0.3 is 0 Å². The van der Waals surface area contributed by atoms with Crippen LogP contribution in [0.15, 0.2) is 47.4 Å². The fourth-order valence-corrected chi connectivity index (χ4v) is 6.29. The molecule has 3 aromatic rings. The van der Waals surface area contributed by atoms with Crippen LogP contribution in [-0.2, 0) is 15.3 Å². The molecule has 29 heavy (non-hydrogen) atoms. The summed E-state index contributed by atoms with van der Waals surface area (Å²) in [6, 6.07) is 14.7. The molecule has 0 fully saturated rings. The van der Waals surface area contributed by atoms with Crippen LogP contribution in [0, 0.1) is 20.8 Å². The van der Waals surface area contributed by atoms with E-state index in [0.29, 0.717) is 12.4 Å². The first-order valence-corrected chi connectivity index (χ1v) is 12.2. The van der Waals surface area contributed by atoms with E-state index >= 15 is 0 Å². The zero-order valence-corrected chi connectivity index (χ0v) is 19.7. The van der Waals surface area contributed by atoms with Crippen LogP contribution in [0.3, 0.4) is 0 Å². The first-order chi connectivity index (χ1) is 14.0. The van der Waals surface area contributed by atoms with Crippen LogP contribution >= 0.6 is 11.8 Å². The summed E-state index contributed by atoms with van der Waals surface area (Å²) in [5.74, 6) is 1.31. The maximum atomic E-state index is 11.5. The third-order valence-electron chi connectivity index (χ3n) is 4.36. The summed E-state index contributed by atoms with van der Waals surface area (Å²) >= 11 is 2.08. The summed E-state index contributed by atoms with van der Waals surface area (Å²) in [6.45, 7) is 8.29. The number of hydrogen-bond acceptors (Lipinski definition) is 5. The zero-order chi connectivity index (χ0) is 20.8. The molecule has 4 nitrogen and oxygen atoms in total. The number of ether oxygens (including phenoxy) is 2. The molecule has 0 radical (unpaired) electrons. The number of aromatic nitrogens is 1. The minimum atomic E-state index is -0.347. The molecule has 1 heterocycles. The van der Waals surface area contributed by atoms with E-state index in [0.717, 1.165) is 17.0 Å². The van der Waals surface area contributed by atoms with Crippen molar-refractivity contribution in [1.29, 1.82) is 0 Å². The summed E-state index contributed by atoms with van der Waals surface area (Å²) in [6.07, 6.45) is 0. The van der Waals surface area contributed by atoms with Gasteiger partial charge in [-0.05, 0) is 6.92 Å². The Morgan fingerprint density at radius 3 is 2.55 bits per heavy atom. The number of aryl methyl sites for hydroxylation is 3. The van der Waals surface area contributed by atoms with E-state index in [-0.39, 0.29) is 27.1 Å². The first kappa shape index (κ1) is 21.7. The molecule has 3 rings (SSSR count). The second-order valence-corrected chi connectivity index (χ2v) is 10.0. The molecule has 0 bridgehead atoms. The zero-order valence-electron chi connectivity index (χ0n) is 17.2. The molecular weight excluding hydrogens is 449 g/mol. The van der Waals surface area contributed by atoms with E-state index in [2.05, 4.69) is 44.2 Å². The molecular formula is C23H25NO3SSe. The van der Waals surface area contributed by atoms with Crippen molar-refractivity contribution in [2.24, 2.45) is 0 Å². The summed E-state index contributed by atoms with van der Waals surface area (Å²) in [5, 5.41) is 0. The molecule has 0 atom stereocenters. The molecule has 0 spiro atoms. The standard InChI is InChI=1S/C23H25NO3SSe/c1-5-26-22(25)13-27-20-11-10-19(12-16(20)3)28-14-21-17(4)24-23(29-21)18-8-6-15(2)7-9-18/h6-12H,5,13-14H2,1-4H3. The minimum absolute atomic E-state index is 0.0606. The quantitative estimate of drug-likeness (QED) is 0.262. The van der Waals surface area contributed by atoms with Gasteiger partial charge in [-0.1, -0.05) is 0 Å². The van der Waals surface area contributed by atoms with E-state index in [1.807, 2.05) is 30.8 Å². The van der Waals surface area contributed by atoms with Crippen LogP contribution in [-0.4, -0.2) is 38.7 Å². The molecule has 0 aliphatic carbocycles. The monoisotopic (exact) mass is 475 g/mol. The molecule has 0 saturated carbocycles. The van der Waals surface area contributed by atoms with E-state index in [4.69, 9.17) is 14.5 Å². The topological polar surface area (TPSA) is 48.4 Å². The molecule has 1 aromatic heterocycles. The van der Waals surface area contributed by atoms with Gasteiger partial charge in [0.15, 0.2) is 0 Å². The van der Waals surface area contributed by atoms with Crippen LogP contribution in [0.5, 0.6) is 5.75 Å². The van der Waals surface area contributed by atoms with Gasteiger partial charge in [0.1, 0.15) is 0 Å². The Morgan fingerprint density at radius 2 is 1.86 bits per heavy atom. The predicted molar refractivity (Wildman–Crippen MR) is 119 cm³/mol. The number of nitrogens with zero attached hydrogens (tertiary/aromatic N) is 1. The normalized spacial score (nSPS) is 10.8. The summed E-state index contributed by atoms with van der Waals surface area (Å²) in [5.41, 5.74) is 4.66. The Morgan fingerprint density at radius 1 is 1.10 bits per heavy atom. The summed E-state index contributed by atoms with van der Waals surface area (Å²) in [7, 11) is 0. The van der Waals surface area contributed by atoms with E-state index in [1.54, 1.807) is 6.92 Å². The number of rotatable bonds is 8. The van der Waals surface area contributed by atoms with Crippen molar-refractivity contribution < 1.29 is 14.3 Å². The molecule has 152 valence electrons. The molecule has 0 aliphatic heterocycles. The van der Waals surface area contributed by atoms with Gasteiger partial charge in [0.25, 0.3) is 0 Å². The summed E-state index contributed by atoms with van der Waals surface area (Å²) < 4.78 is 13.1. The number of hydrogen-bond donors (Lipinski definition) is 0. The molecule has 0 aliphatic rings. The third kappa shape index (κ3) is 5.99. The second kappa shape index (κ2) is 10.1. The summed E-state index contributed by atoms with van der Waals surface area (Å²) in [4.78, 5) is 17.5. The van der Waals surface area contributed by atoms with Crippen molar-refractivity contribution in [3.05, 3.63) is 63.7 Å². The van der Waals surface area contributed by atoms with Gasteiger partial charge >= 0.3 is 176 Å². The van der Waals surface area contributed by atoms with Crippen molar-refractivity contribution in [2.45, 2.75) is 38.3 Å². The van der Waals surface area contributed by atoms with Gasteiger partial charge in [-0.2, -0.15) is 0 Å². The first-order valence-electron chi connectivity index (χ1n) is 9.51. The molecule has 0 saturated heterocycles. The Bertz CT molecular complexity index is 982. The Labute approximate surface area is 182 Å². The van der Waals surface area contributed by atoms with Gasteiger partial charge in [0.2, 0.25) is 0 Å². The van der Waals surface area contributed by atoms with Crippen molar-refractivity contribution in [2.75, 3.05) is 13.2 Å². The van der Waals surface area contributed by atoms with E-state index in [1.165, 1.54) is 25.0 Å². The number of benzene rings is 2. The third-order valence-corrected chi connectivity index (χ3v) is 8.32. The number of thioether (sulfide) groups is 1. The van der Waals surface area contributed by atoms with Gasteiger partial charge in [-0.25, -0.2) is 0 Å². The van der Waals surface area contributed by atoms with Crippen molar-refractivity contribution >= 4 is 32.2 Å². The van der Waals surface area contributed by atoms with Crippen LogP contribution in [0.25, 0.3) is 10.1 Å².